The second-order valence-corrected chi connectivity index (χ2v) is 6.37. The Morgan fingerprint density at radius 1 is 1.07 bits per heavy atom. The highest BCUT2D eigenvalue weighted by Crippen LogP contribution is 2.32. The molecule has 0 aliphatic carbocycles. The van der Waals surface area contributed by atoms with E-state index in [0.29, 0.717) is 28.6 Å². The molecule has 0 unspecified atom stereocenters. The zero-order valence-electron chi connectivity index (χ0n) is 14.2. The van der Waals surface area contributed by atoms with Crippen LogP contribution in [0.25, 0.3) is 0 Å². The van der Waals surface area contributed by atoms with Crippen LogP contribution in [0.15, 0.2) is 60.8 Å². The second kappa shape index (κ2) is 7.55. The lowest BCUT2D eigenvalue weighted by Crippen LogP contribution is -2.12. The van der Waals surface area contributed by atoms with Crippen molar-refractivity contribution in [2.45, 2.75) is 6.54 Å². The van der Waals surface area contributed by atoms with Gasteiger partial charge < -0.3 is 20.1 Å². The molecule has 7 heteroatoms. The molecule has 0 bridgehead atoms. The molecule has 1 aliphatic heterocycles. The summed E-state index contributed by atoms with van der Waals surface area (Å²) in [5.41, 5.74) is 2.15. The van der Waals surface area contributed by atoms with E-state index in [4.69, 9.17) is 21.1 Å². The van der Waals surface area contributed by atoms with Gasteiger partial charge in [-0.25, -0.2) is 4.98 Å². The van der Waals surface area contributed by atoms with E-state index in [0.717, 1.165) is 17.1 Å². The minimum absolute atomic E-state index is 0.236. The van der Waals surface area contributed by atoms with E-state index in [1.54, 1.807) is 42.6 Å². The van der Waals surface area contributed by atoms with E-state index in [9.17, 15) is 4.79 Å². The molecule has 2 N–H and O–H groups in total. The molecule has 3 aromatic rings. The van der Waals surface area contributed by atoms with Crippen LogP contribution in [-0.2, 0) is 6.54 Å². The smallest absolute Gasteiger partial charge is 0.255 e. The summed E-state index contributed by atoms with van der Waals surface area (Å²) < 4.78 is 10.7. The highest BCUT2D eigenvalue weighted by atomic mass is 35.5. The molecule has 6 nitrogen and oxygen atoms in total. The fourth-order valence-corrected chi connectivity index (χ4v) is 2.84. The summed E-state index contributed by atoms with van der Waals surface area (Å²) in [5.74, 6) is 1.98. The summed E-state index contributed by atoms with van der Waals surface area (Å²) >= 11 is 5.91. The van der Waals surface area contributed by atoms with Crippen molar-refractivity contribution in [3.63, 3.8) is 0 Å². The molecule has 0 spiro atoms. The number of aromatic nitrogens is 1. The van der Waals surface area contributed by atoms with Crippen molar-refractivity contribution in [3.8, 4) is 11.5 Å². The Morgan fingerprint density at radius 2 is 1.96 bits per heavy atom. The number of halogens is 1. The van der Waals surface area contributed by atoms with Gasteiger partial charge in [-0.05, 0) is 48.0 Å². The number of benzene rings is 2. The summed E-state index contributed by atoms with van der Waals surface area (Å²) in [5, 5.41) is 6.55. The summed E-state index contributed by atoms with van der Waals surface area (Å²) in [6, 6.07) is 16.2. The van der Waals surface area contributed by atoms with Crippen molar-refractivity contribution >= 4 is 29.0 Å². The third-order valence-electron chi connectivity index (χ3n) is 4.02. The Kier molecular flexibility index (Phi) is 4.80. The second-order valence-electron chi connectivity index (χ2n) is 5.94. The number of hydrogen-bond acceptors (Lipinski definition) is 5. The Balaban J connectivity index is 1.35. The number of fused-ring (bicyclic) bond motifs is 1. The third-order valence-corrected chi connectivity index (χ3v) is 4.25. The van der Waals surface area contributed by atoms with Crippen molar-refractivity contribution in [2.24, 2.45) is 0 Å². The first kappa shape index (κ1) is 17.2. The van der Waals surface area contributed by atoms with E-state index in [-0.39, 0.29) is 12.7 Å². The average molecular weight is 382 g/mol. The molecule has 2 heterocycles. The molecule has 1 aromatic heterocycles. The van der Waals surface area contributed by atoms with Gasteiger partial charge in [0.1, 0.15) is 5.82 Å². The van der Waals surface area contributed by atoms with Crippen LogP contribution in [0.4, 0.5) is 11.5 Å². The maximum atomic E-state index is 12.2. The maximum absolute atomic E-state index is 12.2. The molecule has 1 amide bonds. The number of anilines is 2. The van der Waals surface area contributed by atoms with Gasteiger partial charge in [-0.1, -0.05) is 23.7 Å². The van der Waals surface area contributed by atoms with Crippen molar-refractivity contribution in [3.05, 3.63) is 76.9 Å². The number of rotatable bonds is 5. The molecule has 4 rings (SSSR count). The molecule has 0 radical (unpaired) electrons. The Hall–Kier alpha value is -3.25. The van der Waals surface area contributed by atoms with E-state index in [1.807, 2.05) is 18.2 Å². The third kappa shape index (κ3) is 4.12. The van der Waals surface area contributed by atoms with Gasteiger partial charge in [0.05, 0.1) is 11.9 Å². The summed E-state index contributed by atoms with van der Waals surface area (Å²) in [4.78, 5) is 16.5. The van der Waals surface area contributed by atoms with Gasteiger partial charge in [0, 0.05) is 17.1 Å². The number of amides is 1. The molecule has 0 fully saturated rings. The van der Waals surface area contributed by atoms with Crippen LogP contribution < -0.4 is 20.1 Å². The zero-order chi connectivity index (χ0) is 18.6. The fourth-order valence-electron chi connectivity index (χ4n) is 2.65. The average Bonchev–Trinajstić information content (AvgIpc) is 3.15. The number of carbonyl (C=O) groups excluding carboxylic acids is 1. The fraction of sp³-hybridized carbons (Fsp3) is 0.100. The lowest BCUT2D eigenvalue weighted by Gasteiger charge is -2.09. The minimum Gasteiger partial charge on any atom is -0.454 e. The van der Waals surface area contributed by atoms with Crippen molar-refractivity contribution in [1.29, 1.82) is 0 Å². The quantitative estimate of drug-likeness (QED) is 0.688. The Bertz CT molecular complexity index is 976. The maximum Gasteiger partial charge on any atom is 0.255 e. The van der Waals surface area contributed by atoms with Gasteiger partial charge in [-0.15, -0.1) is 0 Å². The molecule has 0 saturated heterocycles. The monoisotopic (exact) mass is 381 g/mol. The minimum atomic E-state index is -0.236. The predicted molar refractivity (Wildman–Crippen MR) is 104 cm³/mol. The van der Waals surface area contributed by atoms with Gasteiger partial charge in [-0.3, -0.25) is 4.79 Å². The highest BCUT2D eigenvalue weighted by molar-refractivity contribution is 6.31. The molecule has 136 valence electrons. The SMILES string of the molecule is O=C(Nc1ccc(NCc2ccc3c(c2)OCO3)nc1)c1cccc(Cl)c1. The topological polar surface area (TPSA) is 72.5 Å². The van der Waals surface area contributed by atoms with Crippen molar-refractivity contribution in [1.82, 2.24) is 4.98 Å². The number of hydrogen-bond donors (Lipinski definition) is 2. The number of pyridine rings is 1. The van der Waals surface area contributed by atoms with Crippen molar-refractivity contribution in [2.75, 3.05) is 17.4 Å². The summed E-state index contributed by atoms with van der Waals surface area (Å²) in [6.45, 7) is 0.855. The first-order valence-electron chi connectivity index (χ1n) is 8.33. The van der Waals surface area contributed by atoms with Crippen LogP contribution in [0.1, 0.15) is 15.9 Å². The molecular weight excluding hydrogens is 366 g/mol. The normalized spacial score (nSPS) is 11.9. The molecule has 27 heavy (non-hydrogen) atoms. The summed E-state index contributed by atoms with van der Waals surface area (Å²) in [6.07, 6.45) is 1.60. The van der Waals surface area contributed by atoms with Crippen LogP contribution in [0.3, 0.4) is 0 Å². The highest BCUT2D eigenvalue weighted by Gasteiger charge is 2.13. The molecular formula is C20H16ClN3O3. The standard InChI is InChI=1S/C20H16ClN3O3/c21-15-3-1-2-14(9-15)20(25)24-16-5-7-19(23-11-16)22-10-13-4-6-17-18(8-13)27-12-26-17/h1-9,11H,10,12H2,(H,22,23)(H,24,25). The molecule has 0 atom stereocenters. The summed E-state index contributed by atoms with van der Waals surface area (Å²) in [7, 11) is 0. The predicted octanol–water partition coefficient (Wildman–Crippen LogP) is 4.33. The largest absolute Gasteiger partial charge is 0.454 e. The van der Waals surface area contributed by atoms with E-state index in [2.05, 4.69) is 15.6 Å². The Morgan fingerprint density at radius 3 is 2.78 bits per heavy atom. The van der Waals surface area contributed by atoms with E-state index in [1.165, 1.54) is 0 Å². The number of carbonyl (C=O) groups is 1. The van der Waals surface area contributed by atoms with Crippen LogP contribution in [0.5, 0.6) is 11.5 Å². The van der Waals surface area contributed by atoms with Gasteiger partial charge in [-0.2, -0.15) is 0 Å². The molecule has 2 aromatic carbocycles. The molecule has 1 aliphatic rings. The molecule has 0 saturated carbocycles. The van der Waals surface area contributed by atoms with Gasteiger partial charge in [0.15, 0.2) is 11.5 Å². The Labute approximate surface area is 161 Å². The van der Waals surface area contributed by atoms with Crippen LogP contribution in [0.2, 0.25) is 5.02 Å². The van der Waals surface area contributed by atoms with Gasteiger partial charge in [0.25, 0.3) is 5.91 Å². The van der Waals surface area contributed by atoms with E-state index < -0.39 is 0 Å². The van der Waals surface area contributed by atoms with Gasteiger partial charge in [0.2, 0.25) is 6.79 Å². The van der Waals surface area contributed by atoms with Crippen molar-refractivity contribution < 1.29 is 14.3 Å². The number of nitrogens with one attached hydrogen (secondary N) is 2. The van der Waals surface area contributed by atoms with Crippen LogP contribution in [-0.4, -0.2) is 17.7 Å². The number of nitrogens with zero attached hydrogens (tertiary/aromatic N) is 1. The van der Waals surface area contributed by atoms with Crippen LogP contribution >= 0.6 is 11.6 Å². The zero-order valence-corrected chi connectivity index (χ0v) is 15.0. The number of ether oxygens (including phenoxy) is 2. The first-order chi connectivity index (χ1) is 13.2. The van der Waals surface area contributed by atoms with Crippen LogP contribution in [0, 0.1) is 0 Å². The van der Waals surface area contributed by atoms with Gasteiger partial charge >= 0.3 is 0 Å². The van der Waals surface area contributed by atoms with E-state index >= 15 is 0 Å². The lowest BCUT2D eigenvalue weighted by molar-refractivity contribution is 0.102. The first-order valence-corrected chi connectivity index (χ1v) is 8.70. The lowest BCUT2D eigenvalue weighted by atomic mass is 10.2.